The van der Waals surface area contributed by atoms with Gasteiger partial charge in [0.25, 0.3) is 0 Å². The average Bonchev–Trinajstić information content (AvgIpc) is 2.51. The van der Waals surface area contributed by atoms with Gasteiger partial charge in [-0.1, -0.05) is 5.16 Å². The van der Waals surface area contributed by atoms with Crippen LogP contribution in [0, 0.1) is 5.92 Å². The topological polar surface area (TPSA) is 21.6 Å². The van der Waals surface area contributed by atoms with E-state index in [1.165, 1.54) is 12.8 Å². The zero-order valence-electron chi connectivity index (χ0n) is 5.05. The lowest BCUT2D eigenvalue weighted by atomic mass is 10.5. The maximum Gasteiger partial charge on any atom is 0.114 e. The van der Waals surface area contributed by atoms with Gasteiger partial charge in [0.2, 0.25) is 0 Å². The lowest BCUT2D eigenvalue weighted by molar-refractivity contribution is 0.159. The molecule has 0 aromatic carbocycles. The third-order valence-electron chi connectivity index (χ3n) is 1.01. The van der Waals surface area contributed by atoms with Gasteiger partial charge in [0.15, 0.2) is 0 Å². The van der Waals surface area contributed by atoms with Crippen molar-refractivity contribution >= 4 is 6.21 Å². The van der Waals surface area contributed by atoms with Crippen molar-refractivity contribution in [2.45, 2.75) is 19.8 Å². The molecule has 0 aliphatic heterocycles. The largest absolute Gasteiger partial charge is 0.396 e. The molecular weight excluding hydrogens is 102 g/mol. The highest BCUT2D eigenvalue weighted by Crippen LogP contribution is 2.26. The predicted molar refractivity (Wildman–Crippen MR) is 31.8 cm³/mol. The SMILES string of the molecule is CCO/N=[C]/C1CC1. The minimum atomic E-state index is 0.613. The van der Waals surface area contributed by atoms with Crippen molar-refractivity contribution in [1.29, 1.82) is 0 Å². The molecule has 1 rings (SSSR count). The van der Waals surface area contributed by atoms with Crippen LogP contribution in [0.4, 0.5) is 0 Å². The van der Waals surface area contributed by atoms with Crippen LogP contribution in [0.3, 0.4) is 0 Å². The van der Waals surface area contributed by atoms with Crippen LogP contribution in [0.5, 0.6) is 0 Å². The Bertz CT molecular complexity index is 86.5. The fourth-order valence-electron chi connectivity index (χ4n) is 0.389. The predicted octanol–water partition coefficient (Wildman–Crippen LogP) is 1.30. The molecule has 1 aliphatic rings. The summed E-state index contributed by atoms with van der Waals surface area (Å²) < 4.78 is 0. The summed E-state index contributed by atoms with van der Waals surface area (Å²) in [5, 5.41) is 3.60. The van der Waals surface area contributed by atoms with E-state index >= 15 is 0 Å². The average molecular weight is 112 g/mol. The van der Waals surface area contributed by atoms with E-state index in [0.717, 1.165) is 0 Å². The zero-order valence-corrected chi connectivity index (χ0v) is 5.05. The molecule has 1 aliphatic carbocycles. The Morgan fingerprint density at radius 2 is 2.50 bits per heavy atom. The second kappa shape index (κ2) is 2.70. The normalized spacial score (nSPS) is 19.6. The Morgan fingerprint density at radius 3 is 3.00 bits per heavy atom. The minimum Gasteiger partial charge on any atom is -0.396 e. The van der Waals surface area contributed by atoms with Crippen LogP contribution >= 0.6 is 0 Å². The summed E-state index contributed by atoms with van der Waals surface area (Å²) in [4.78, 5) is 4.70. The van der Waals surface area contributed by atoms with Crippen molar-refractivity contribution < 1.29 is 4.84 Å². The molecule has 0 aromatic heterocycles. The molecule has 0 N–H and O–H groups in total. The number of nitrogens with zero attached hydrogens (tertiary/aromatic N) is 1. The van der Waals surface area contributed by atoms with Crippen LogP contribution in [0.2, 0.25) is 0 Å². The van der Waals surface area contributed by atoms with Gasteiger partial charge in [-0.2, -0.15) is 0 Å². The van der Waals surface area contributed by atoms with E-state index in [4.69, 9.17) is 4.84 Å². The first-order chi connectivity index (χ1) is 3.93. The first-order valence-electron chi connectivity index (χ1n) is 3.01. The standard InChI is InChI=1S/C6H10NO/c1-2-8-7-5-6-3-4-6/h6H,2-4H2,1H3. The van der Waals surface area contributed by atoms with Crippen molar-refractivity contribution in [2.75, 3.05) is 6.61 Å². The van der Waals surface area contributed by atoms with E-state index in [9.17, 15) is 0 Å². The van der Waals surface area contributed by atoms with Crippen molar-refractivity contribution in [3.63, 3.8) is 0 Å². The Hall–Kier alpha value is -0.530. The molecule has 0 saturated heterocycles. The Labute approximate surface area is 49.5 Å². The van der Waals surface area contributed by atoms with Crippen LogP contribution in [-0.4, -0.2) is 12.8 Å². The quantitative estimate of drug-likeness (QED) is 0.398. The van der Waals surface area contributed by atoms with Gasteiger partial charge in [-0.15, -0.1) is 0 Å². The van der Waals surface area contributed by atoms with E-state index in [1.54, 1.807) is 0 Å². The van der Waals surface area contributed by atoms with Crippen molar-refractivity contribution in [1.82, 2.24) is 0 Å². The van der Waals surface area contributed by atoms with Crippen LogP contribution in [0.25, 0.3) is 0 Å². The number of hydrogen-bond acceptors (Lipinski definition) is 2. The third-order valence-corrected chi connectivity index (χ3v) is 1.01. The highest BCUT2D eigenvalue weighted by atomic mass is 16.6. The molecule has 0 spiro atoms. The van der Waals surface area contributed by atoms with E-state index in [1.807, 2.05) is 6.92 Å². The molecule has 2 heteroatoms. The number of hydrogen-bond donors (Lipinski definition) is 0. The fourth-order valence-corrected chi connectivity index (χ4v) is 0.389. The molecule has 0 aromatic rings. The molecular formula is C6H10NO. The van der Waals surface area contributed by atoms with Crippen LogP contribution in [0.1, 0.15) is 19.8 Å². The molecule has 8 heavy (non-hydrogen) atoms. The second-order valence-electron chi connectivity index (χ2n) is 1.91. The summed E-state index contributed by atoms with van der Waals surface area (Å²) in [7, 11) is 0. The number of rotatable bonds is 3. The van der Waals surface area contributed by atoms with Crippen LogP contribution < -0.4 is 0 Å². The second-order valence-corrected chi connectivity index (χ2v) is 1.91. The van der Waals surface area contributed by atoms with Gasteiger partial charge < -0.3 is 4.84 Å². The summed E-state index contributed by atoms with van der Waals surface area (Å²) in [5.41, 5.74) is 0. The highest BCUT2D eigenvalue weighted by molar-refractivity contribution is 5.62. The van der Waals surface area contributed by atoms with E-state index in [2.05, 4.69) is 11.4 Å². The molecule has 0 unspecified atom stereocenters. The van der Waals surface area contributed by atoms with Crippen molar-refractivity contribution in [2.24, 2.45) is 11.1 Å². The molecule has 1 fully saturated rings. The molecule has 0 heterocycles. The summed E-state index contributed by atoms with van der Waals surface area (Å²) in [5.74, 6) is 0.613. The van der Waals surface area contributed by atoms with Crippen molar-refractivity contribution in [3.05, 3.63) is 0 Å². The maximum atomic E-state index is 4.70. The van der Waals surface area contributed by atoms with E-state index in [0.29, 0.717) is 12.5 Å². The Morgan fingerprint density at radius 1 is 1.75 bits per heavy atom. The zero-order chi connectivity index (χ0) is 5.82. The molecule has 45 valence electrons. The molecule has 1 saturated carbocycles. The third kappa shape index (κ3) is 1.96. The summed E-state index contributed by atoms with van der Waals surface area (Å²) in [6.07, 6.45) is 5.35. The summed E-state index contributed by atoms with van der Waals surface area (Å²) in [6.45, 7) is 2.57. The molecule has 2 nitrogen and oxygen atoms in total. The fraction of sp³-hybridized carbons (Fsp3) is 0.833. The summed E-state index contributed by atoms with van der Waals surface area (Å²) >= 11 is 0. The van der Waals surface area contributed by atoms with E-state index in [-0.39, 0.29) is 0 Å². The lowest BCUT2D eigenvalue weighted by Gasteiger charge is -1.86. The minimum absolute atomic E-state index is 0.613. The van der Waals surface area contributed by atoms with Crippen LogP contribution in [0.15, 0.2) is 5.16 Å². The van der Waals surface area contributed by atoms with Gasteiger partial charge in [0.05, 0.1) is 0 Å². The van der Waals surface area contributed by atoms with Gasteiger partial charge in [-0.3, -0.25) is 0 Å². The van der Waals surface area contributed by atoms with Gasteiger partial charge >= 0.3 is 0 Å². The van der Waals surface area contributed by atoms with E-state index < -0.39 is 0 Å². The van der Waals surface area contributed by atoms with Gasteiger partial charge in [0.1, 0.15) is 12.8 Å². The smallest absolute Gasteiger partial charge is 0.114 e. The summed E-state index contributed by atoms with van der Waals surface area (Å²) in [6, 6.07) is 0. The van der Waals surface area contributed by atoms with Gasteiger partial charge in [-0.25, -0.2) is 0 Å². The molecule has 0 atom stereocenters. The Kier molecular flexibility index (Phi) is 1.89. The van der Waals surface area contributed by atoms with Gasteiger partial charge in [0, 0.05) is 5.92 Å². The first kappa shape index (κ1) is 5.60. The molecule has 0 amide bonds. The lowest BCUT2D eigenvalue weighted by Crippen LogP contribution is -1.81. The monoisotopic (exact) mass is 112 g/mol. The highest BCUT2D eigenvalue weighted by Gasteiger charge is 2.19. The van der Waals surface area contributed by atoms with Crippen LogP contribution in [-0.2, 0) is 4.84 Å². The molecule has 0 bridgehead atoms. The maximum absolute atomic E-state index is 4.70. The first-order valence-corrected chi connectivity index (χ1v) is 3.01. The van der Waals surface area contributed by atoms with Crippen molar-refractivity contribution in [3.8, 4) is 0 Å². The Balaban J connectivity index is 1.96. The molecule has 1 radical (unpaired) electrons. The van der Waals surface area contributed by atoms with Gasteiger partial charge in [-0.05, 0) is 19.8 Å².